The third-order valence-electron chi connectivity index (χ3n) is 13.3. The normalized spacial score (nSPS) is 29.1. The van der Waals surface area contributed by atoms with E-state index in [0.717, 1.165) is 82.6 Å². The van der Waals surface area contributed by atoms with Gasteiger partial charge in [0.1, 0.15) is 0 Å². The fourth-order valence-electron chi connectivity index (χ4n) is 10.3. The van der Waals surface area contributed by atoms with Crippen molar-refractivity contribution in [3.8, 4) is 11.5 Å². The number of hydrogen-bond acceptors (Lipinski definition) is 7. The zero-order chi connectivity index (χ0) is 38.6. The maximum atomic E-state index is 14.6. The molecule has 4 atom stereocenters. The third-order valence-corrected chi connectivity index (χ3v) is 13.3. The predicted octanol–water partition coefficient (Wildman–Crippen LogP) is 10.0. The Morgan fingerprint density at radius 3 is 1.65 bits per heavy atom. The summed E-state index contributed by atoms with van der Waals surface area (Å²) in [6, 6.07) is 6.22. The molecule has 0 radical (unpaired) electrons. The fourth-order valence-corrected chi connectivity index (χ4v) is 10.3. The molecule has 1 N–H and O–H groups in total. The van der Waals surface area contributed by atoms with Crippen LogP contribution < -0.4 is 9.47 Å². The lowest BCUT2D eigenvalue weighted by Crippen LogP contribution is -2.39. The number of halogens is 4. The second-order valence-corrected chi connectivity index (χ2v) is 16.3. The van der Waals surface area contributed by atoms with Crippen molar-refractivity contribution in [2.75, 3.05) is 39.6 Å². The monoisotopic (exact) mass is 774 g/mol. The first kappa shape index (κ1) is 40.5. The van der Waals surface area contributed by atoms with E-state index in [1.807, 2.05) is 0 Å². The molecular weight excluding hydrogens is 716 g/mol. The summed E-state index contributed by atoms with van der Waals surface area (Å²) in [6.07, 6.45) is 14.5. The van der Waals surface area contributed by atoms with E-state index >= 15 is 0 Å². The van der Waals surface area contributed by atoms with Crippen molar-refractivity contribution in [2.24, 2.45) is 23.7 Å². The van der Waals surface area contributed by atoms with Crippen molar-refractivity contribution in [3.63, 3.8) is 0 Å². The van der Waals surface area contributed by atoms with E-state index in [2.05, 4.69) is 6.08 Å². The SMILES string of the molecule is CCOc1ccc(C2=CCC(C3CCC4(CC3)OCCO4)CC2)c(F)c1F.CCOc1ccc(C2CCC(C3CCC4(CC3)OCCO4)CC2O)c(F)c1F. The lowest BCUT2D eigenvalue weighted by Gasteiger charge is -2.42. The summed E-state index contributed by atoms with van der Waals surface area (Å²) in [7, 11) is 0. The topological polar surface area (TPSA) is 75.6 Å². The minimum atomic E-state index is -0.956. The molecule has 2 saturated heterocycles. The van der Waals surface area contributed by atoms with E-state index in [-0.39, 0.29) is 41.2 Å². The van der Waals surface area contributed by atoms with Gasteiger partial charge in [-0.1, -0.05) is 12.1 Å². The first-order valence-electron chi connectivity index (χ1n) is 20.8. The first-order chi connectivity index (χ1) is 26.6. The van der Waals surface area contributed by atoms with Crippen LogP contribution in [0.15, 0.2) is 30.3 Å². The highest BCUT2D eigenvalue weighted by molar-refractivity contribution is 5.67. The average molecular weight is 775 g/mol. The molecule has 4 aliphatic carbocycles. The molecule has 304 valence electrons. The summed E-state index contributed by atoms with van der Waals surface area (Å²) in [4.78, 5) is 0. The highest BCUT2D eigenvalue weighted by atomic mass is 19.2. The van der Waals surface area contributed by atoms with Crippen LogP contribution in [0.25, 0.3) is 5.57 Å². The van der Waals surface area contributed by atoms with Crippen LogP contribution in [0.4, 0.5) is 17.6 Å². The minimum Gasteiger partial charge on any atom is -0.491 e. The number of ether oxygens (including phenoxy) is 6. The summed E-state index contributed by atoms with van der Waals surface area (Å²) in [5.41, 5.74) is 1.56. The maximum absolute atomic E-state index is 14.6. The molecule has 4 unspecified atom stereocenters. The third kappa shape index (κ3) is 8.91. The molecule has 11 heteroatoms. The molecule has 8 rings (SSSR count). The maximum Gasteiger partial charge on any atom is 0.201 e. The van der Waals surface area contributed by atoms with Gasteiger partial charge >= 0.3 is 0 Å². The van der Waals surface area contributed by atoms with Crippen LogP contribution in [0.2, 0.25) is 0 Å². The Hall–Kier alpha value is -2.70. The van der Waals surface area contributed by atoms with E-state index in [1.54, 1.807) is 26.0 Å². The molecule has 55 heavy (non-hydrogen) atoms. The van der Waals surface area contributed by atoms with Gasteiger partial charge in [-0.25, -0.2) is 8.78 Å². The van der Waals surface area contributed by atoms with Gasteiger partial charge in [-0.15, -0.1) is 0 Å². The Labute approximate surface area is 323 Å². The quantitative estimate of drug-likeness (QED) is 0.268. The van der Waals surface area contributed by atoms with Crippen molar-refractivity contribution in [3.05, 3.63) is 64.7 Å². The van der Waals surface area contributed by atoms with Crippen LogP contribution in [-0.2, 0) is 18.9 Å². The highest BCUT2D eigenvalue weighted by Crippen LogP contribution is 2.48. The van der Waals surface area contributed by atoms with Crippen molar-refractivity contribution < 1.29 is 51.1 Å². The molecular formula is C44H58F4O7. The van der Waals surface area contributed by atoms with Crippen LogP contribution >= 0.6 is 0 Å². The molecule has 5 fully saturated rings. The highest BCUT2D eigenvalue weighted by Gasteiger charge is 2.44. The molecule has 0 amide bonds. The Morgan fingerprint density at radius 1 is 0.618 bits per heavy atom. The zero-order valence-corrected chi connectivity index (χ0v) is 32.4. The molecule has 2 aromatic carbocycles. The van der Waals surface area contributed by atoms with Crippen molar-refractivity contribution in [2.45, 2.75) is 127 Å². The Kier molecular flexibility index (Phi) is 13.1. The van der Waals surface area contributed by atoms with Gasteiger partial charge in [0.05, 0.1) is 45.7 Å². The second kappa shape index (κ2) is 17.8. The number of hydrogen-bond donors (Lipinski definition) is 1. The van der Waals surface area contributed by atoms with Crippen molar-refractivity contribution in [1.29, 1.82) is 0 Å². The van der Waals surface area contributed by atoms with Crippen LogP contribution in [0.5, 0.6) is 11.5 Å². The molecule has 2 aliphatic heterocycles. The van der Waals surface area contributed by atoms with E-state index in [0.29, 0.717) is 75.1 Å². The standard InChI is InChI=1S/C22H30F2O4.C22H28F2O3/c1-2-26-19-6-5-17(20(23)21(19)24)16-4-3-15(13-18(16)25)14-7-9-22(10-8-14)27-11-12-28-22;1-2-25-19-8-7-18(20(23)21(19)24)17-5-3-15(4-6-17)16-9-11-22(12-10-16)26-13-14-27-22/h5-6,14-16,18,25H,2-4,7-13H2,1H3;5,7-8,15-16H,2-4,6,9-14H2,1H3. The number of rotatable bonds is 8. The Bertz CT molecular complexity index is 1620. The summed E-state index contributed by atoms with van der Waals surface area (Å²) >= 11 is 0. The fraction of sp³-hybridized carbons (Fsp3) is 0.682. The van der Waals surface area contributed by atoms with Gasteiger partial charge in [0.25, 0.3) is 0 Å². The van der Waals surface area contributed by atoms with Crippen molar-refractivity contribution in [1.82, 2.24) is 0 Å². The van der Waals surface area contributed by atoms with Gasteiger partial charge < -0.3 is 33.5 Å². The van der Waals surface area contributed by atoms with Gasteiger partial charge in [-0.05, 0) is 131 Å². The number of aliphatic hydroxyl groups is 1. The second-order valence-electron chi connectivity index (χ2n) is 16.3. The lowest BCUT2D eigenvalue weighted by molar-refractivity contribution is -0.186. The van der Waals surface area contributed by atoms with Crippen molar-refractivity contribution >= 4 is 5.57 Å². The molecule has 2 heterocycles. The van der Waals surface area contributed by atoms with E-state index in [4.69, 9.17) is 28.4 Å². The molecule has 7 nitrogen and oxygen atoms in total. The number of allylic oxidation sites excluding steroid dienone is 2. The van der Waals surface area contributed by atoms with Gasteiger partial charge in [-0.2, -0.15) is 8.78 Å². The Balaban J connectivity index is 0.000000169. The smallest absolute Gasteiger partial charge is 0.201 e. The van der Waals surface area contributed by atoms with Crippen LogP contribution in [0.3, 0.4) is 0 Å². The first-order valence-corrected chi connectivity index (χ1v) is 20.8. The lowest BCUT2D eigenvalue weighted by atomic mass is 9.68. The Morgan fingerprint density at radius 2 is 1.15 bits per heavy atom. The van der Waals surface area contributed by atoms with E-state index in [1.165, 1.54) is 12.1 Å². The van der Waals surface area contributed by atoms with Crippen LogP contribution in [0, 0.1) is 46.9 Å². The van der Waals surface area contributed by atoms with Gasteiger partial charge in [0, 0.05) is 37.2 Å². The predicted molar refractivity (Wildman–Crippen MR) is 200 cm³/mol. The molecule has 2 spiro atoms. The van der Waals surface area contributed by atoms with Gasteiger partial charge in [0.2, 0.25) is 11.6 Å². The minimum absolute atomic E-state index is 0.0134. The summed E-state index contributed by atoms with van der Waals surface area (Å²) in [5, 5.41) is 10.7. The molecule has 0 bridgehead atoms. The molecule has 0 aromatic heterocycles. The summed E-state index contributed by atoms with van der Waals surface area (Å²) < 4.78 is 91.0. The molecule has 2 aromatic rings. The number of aliphatic hydroxyl groups excluding tert-OH is 1. The van der Waals surface area contributed by atoms with E-state index < -0.39 is 29.4 Å². The largest absolute Gasteiger partial charge is 0.491 e. The van der Waals surface area contributed by atoms with Crippen LogP contribution in [-0.4, -0.2) is 62.4 Å². The van der Waals surface area contributed by atoms with Crippen LogP contribution in [0.1, 0.15) is 121 Å². The van der Waals surface area contributed by atoms with Gasteiger partial charge in [-0.3, -0.25) is 0 Å². The van der Waals surface area contributed by atoms with Gasteiger partial charge in [0.15, 0.2) is 34.7 Å². The molecule has 3 saturated carbocycles. The number of benzene rings is 2. The zero-order valence-electron chi connectivity index (χ0n) is 32.4. The average Bonchev–Trinajstić information content (AvgIpc) is 3.87. The van der Waals surface area contributed by atoms with E-state index in [9.17, 15) is 22.7 Å². The summed E-state index contributed by atoms with van der Waals surface area (Å²) in [5.74, 6) is -2.40. The molecule has 6 aliphatic rings. The summed E-state index contributed by atoms with van der Waals surface area (Å²) in [6.45, 7) is 6.87.